The van der Waals surface area contributed by atoms with Crippen LogP contribution in [0.3, 0.4) is 0 Å². The van der Waals surface area contributed by atoms with Crippen LogP contribution in [0.1, 0.15) is 23.5 Å². The standard InChI is InChI=1S/C54H38N2/c1-3-13-37(14-4-1)40-17-11-18-41(33-40)39-25-29-45(30-26-39)55-51-23-9-7-21-47(51)49-35-43(27-31-53(49)55)44-28-32-54-50(36-44)48-22-8-10-24-52(48)56(54)46-20-12-19-42(34-46)38-15-5-2-6-16-38/h1-35,50H,36H2. The third-order valence-corrected chi connectivity index (χ3v) is 11.7. The molecule has 0 bridgehead atoms. The molecular weight excluding hydrogens is 677 g/mol. The van der Waals surface area contributed by atoms with Crippen molar-refractivity contribution in [3.8, 4) is 39.1 Å². The van der Waals surface area contributed by atoms with E-state index >= 15 is 0 Å². The molecule has 8 aromatic carbocycles. The predicted molar refractivity (Wildman–Crippen MR) is 236 cm³/mol. The fraction of sp³-hybridized carbons (Fsp3) is 0.0370. The second-order valence-corrected chi connectivity index (χ2v) is 14.9. The monoisotopic (exact) mass is 714 g/mol. The molecule has 1 atom stereocenters. The molecule has 56 heavy (non-hydrogen) atoms. The summed E-state index contributed by atoms with van der Waals surface area (Å²) < 4.78 is 2.42. The zero-order valence-corrected chi connectivity index (χ0v) is 30.9. The summed E-state index contributed by atoms with van der Waals surface area (Å²) in [6.45, 7) is 0. The van der Waals surface area contributed by atoms with Crippen molar-refractivity contribution in [2.45, 2.75) is 12.3 Å². The molecule has 0 fully saturated rings. The number of rotatable bonds is 6. The van der Waals surface area contributed by atoms with Crippen LogP contribution in [-0.4, -0.2) is 4.57 Å². The first-order valence-electron chi connectivity index (χ1n) is 19.5. The van der Waals surface area contributed by atoms with Crippen molar-refractivity contribution >= 4 is 38.8 Å². The van der Waals surface area contributed by atoms with Crippen molar-refractivity contribution in [1.82, 2.24) is 4.57 Å². The Hall–Kier alpha value is -7.16. The van der Waals surface area contributed by atoms with Crippen LogP contribution in [-0.2, 0) is 0 Å². The summed E-state index contributed by atoms with van der Waals surface area (Å²) in [7, 11) is 0. The third-order valence-electron chi connectivity index (χ3n) is 11.7. The van der Waals surface area contributed by atoms with Crippen molar-refractivity contribution in [3.05, 3.63) is 229 Å². The highest BCUT2D eigenvalue weighted by atomic mass is 15.2. The molecule has 0 N–H and O–H groups in total. The summed E-state index contributed by atoms with van der Waals surface area (Å²) in [6.07, 6.45) is 5.68. The van der Waals surface area contributed by atoms with Gasteiger partial charge in [0.2, 0.25) is 0 Å². The van der Waals surface area contributed by atoms with E-state index in [2.05, 4.69) is 222 Å². The topological polar surface area (TPSA) is 8.17 Å². The van der Waals surface area contributed by atoms with E-state index in [-0.39, 0.29) is 5.92 Å². The molecular formula is C54H38N2. The highest BCUT2D eigenvalue weighted by Gasteiger charge is 2.36. The molecule has 264 valence electrons. The lowest BCUT2D eigenvalue weighted by atomic mass is 9.84. The van der Waals surface area contributed by atoms with Gasteiger partial charge in [-0.3, -0.25) is 0 Å². The first kappa shape index (κ1) is 32.3. The number of nitrogens with zero attached hydrogens (tertiary/aromatic N) is 2. The lowest BCUT2D eigenvalue weighted by Crippen LogP contribution is -2.15. The third kappa shape index (κ3) is 5.41. The molecule has 1 aromatic heterocycles. The summed E-state index contributed by atoms with van der Waals surface area (Å²) in [4.78, 5) is 2.47. The van der Waals surface area contributed by atoms with Crippen LogP contribution >= 0.6 is 0 Å². The molecule has 1 aliphatic heterocycles. The summed E-state index contributed by atoms with van der Waals surface area (Å²) >= 11 is 0. The molecule has 2 aliphatic rings. The minimum atomic E-state index is 0.288. The molecule has 1 unspecified atom stereocenters. The summed E-state index contributed by atoms with van der Waals surface area (Å²) in [6, 6.07) is 72.9. The minimum absolute atomic E-state index is 0.288. The molecule has 9 aromatic rings. The van der Waals surface area contributed by atoms with Gasteiger partial charge >= 0.3 is 0 Å². The number of allylic oxidation sites excluding steroid dienone is 4. The summed E-state index contributed by atoms with van der Waals surface area (Å²) in [5.41, 5.74) is 18.8. The van der Waals surface area contributed by atoms with Gasteiger partial charge in [-0.2, -0.15) is 0 Å². The number of fused-ring (bicyclic) bond motifs is 6. The molecule has 2 heteroatoms. The largest absolute Gasteiger partial charge is 0.313 e. The minimum Gasteiger partial charge on any atom is -0.313 e. The van der Waals surface area contributed by atoms with E-state index in [9.17, 15) is 0 Å². The maximum Gasteiger partial charge on any atom is 0.0541 e. The number of hydrogen-bond donors (Lipinski definition) is 0. The van der Waals surface area contributed by atoms with Gasteiger partial charge in [0.05, 0.1) is 11.0 Å². The van der Waals surface area contributed by atoms with E-state index in [1.54, 1.807) is 0 Å². The maximum atomic E-state index is 2.47. The summed E-state index contributed by atoms with van der Waals surface area (Å²) in [5.74, 6) is 0.288. The average Bonchev–Trinajstić information content (AvgIpc) is 3.79. The quantitative estimate of drug-likeness (QED) is 0.166. The van der Waals surface area contributed by atoms with Crippen LogP contribution in [0.5, 0.6) is 0 Å². The first-order chi connectivity index (χ1) is 27.8. The van der Waals surface area contributed by atoms with E-state index < -0.39 is 0 Å². The Kier molecular flexibility index (Phi) is 7.67. The highest BCUT2D eigenvalue weighted by molar-refractivity contribution is 6.10. The maximum absolute atomic E-state index is 2.47. The van der Waals surface area contributed by atoms with Gasteiger partial charge < -0.3 is 9.47 Å². The van der Waals surface area contributed by atoms with Gasteiger partial charge in [0.25, 0.3) is 0 Å². The van der Waals surface area contributed by atoms with Gasteiger partial charge in [0.15, 0.2) is 0 Å². The average molecular weight is 715 g/mol. The lowest BCUT2D eigenvalue weighted by molar-refractivity contribution is 0.832. The second-order valence-electron chi connectivity index (χ2n) is 14.9. The fourth-order valence-electron chi connectivity index (χ4n) is 9.04. The number of hydrogen-bond acceptors (Lipinski definition) is 1. The number of para-hydroxylation sites is 2. The van der Waals surface area contributed by atoms with E-state index in [1.165, 1.54) is 89.0 Å². The normalized spacial score (nSPS) is 14.7. The Morgan fingerprint density at radius 1 is 0.375 bits per heavy atom. The van der Waals surface area contributed by atoms with Crippen LogP contribution in [0.4, 0.5) is 11.4 Å². The molecule has 0 saturated heterocycles. The number of benzene rings is 8. The SMILES string of the molecule is C1=C(c2ccc3c(c2)c2ccccc2n3-c2ccc(-c3cccc(-c4ccccc4)c3)cc2)CC2C(=C1)N(c1cccc(-c3ccccc3)c1)c1ccccc12. The zero-order valence-electron chi connectivity index (χ0n) is 30.9. The molecule has 2 nitrogen and oxygen atoms in total. The Labute approximate surface area is 327 Å². The van der Waals surface area contributed by atoms with Crippen molar-refractivity contribution in [1.29, 1.82) is 0 Å². The van der Waals surface area contributed by atoms with Gasteiger partial charge in [0, 0.05) is 39.4 Å². The lowest BCUT2D eigenvalue weighted by Gasteiger charge is -2.27. The Balaban J connectivity index is 0.951. The van der Waals surface area contributed by atoms with E-state index in [0.717, 1.165) is 12.1 Å². The molecule has 11 rings (SSSR count). The molecule has 0 spiro atoms. The number of anilines is 2. The molecule has 1 aliphatic carbocycles. The van der Waals surface area contributed by atoms with Crippen molar-refractivity contribution in [2.24, 2.45) is 0 Å². The van der Waals surface area contributed by atoms with Gasteiger partial charge in [-0.05, 0) is 117 Å². The van der Waals surface area contributed by atoms with Crippen molar-refractivity contribution in [3.63, 3.8) is 0 Å². The van der Waals surface area contributed by atoms with Gasteiger partial charge in [0.1, 0.15) is 0 Å². The molecule has 0 saturated carbocycles. The van der Waals surface area contributed by atoms with Crippen LogP contribution in [0.15, 0.2) is 218 Å². The van der Waals surface area contributed by atoms with Gasteiger partial charge in [-0.1, -0.05) is 152 Å². The molecule has 2 heterocycles. The van der Waals surface area contributed by atoms with E-state index in [1.807, 2.05) is 0 Å². The van der Waals surface area contributed by atoms with Crippen LogP contribution < -0.4 is 4.90 Å². The summed E-state index contributed by atoms with van der Waals surface area (Å²) in [5, 5.41) is 2.55. The predicted octanol–water partition coefficient (Wildman–Crippen LogP) is 14.4. The van der Waals surface area contributed by atoms with E-state index in [4.69, 9.17) is 0 Å². The van der Waals surface area contributed by atoms with E-state index in [0.29, 0.717) is 0 Å². The zero-order chi connectivity index (χ0) is 37.0. The Bertz CT molecular complexity index is 2980. The molecule has 0 radical (unpaired) electrons. The van der Waals surface area contributed by atoms with Crippen LogP contribution in [0.25, 0.3) is 66.4 Å². The highest BCUT2D eigenvalue weighted by Crippen LogP contribution is 2.53. The number of aromatic nitrogens is 1. The van der Waals surface area contributed by atoms with Crippen molar-refractivity contribution < 1.29 is 0 Å². The Morgan fingerprint density at radius 2 is 0.964 bits per heavy atom. The second kappa shape index (κ2) is 13.3. The fourth-order valence-corrected chi connectivity index (χ4v) is 9.04. The first-order valence-corrected chi connectivity index (χ1v) is 19.5. The Morgan fingerprint density at radius 3 is 1.73 bits per heavy atom. The van der Waals surface area contributed by atoms with Gasteiger partial charge in [-0.15, -0.1) is 0 Å². The molecule has 0 amide bonds. The van der Waals surface area contributed by atoms with Gasteiger partial charge in [-0.25, -0.2) is 0 Å². The van der Waals surface area contributed by atoms with Crippen molar-refractivity contribution in [2.75, 3.05) is 4.90 Å². The van der Waals surface area contributed by atoms with Crippen LogP contribution in [0, 0.1) is 0 Å². The van der Waals surface area contributed by atoms with Crippen LogP contribution in [0.2, 0.25) is 0 Å². The smallest absolute Gasteiger partial charge is 0.0541 e.